The highest BCUT2D eigenvalue weighted by atomic mass is 32.1. The summed E-state index contributed by atoms with van der Waals surface area (Å²) in [6.45, 7) is 4.58. The molecule has 0 radical (unpaired) electrons. The molecule has 0 fully saturated rings. The van der Waals surface area contributed by atoms with Crippen LogP contribution in [0, 0.1) is 0 Å². The lowest BCUT2D eigenvalue weighted by atomic mass is 10.2. The highest BCUT2D eigenvalue weighted by molar-refractivity contribution is 7.19. The number of rotatable bonds is 5. The van der Waals surface area contributed by atoms with Crippen molar-refractivity contribution in [3.63, 3.8) is 0 Å². The molecule has 124 valence electrons. The second-order valence-electron chi connectivity index (χ2n) is 5.94. The number of nitrogens with zero attached hydrogens (tertiary/aromatic N) is 4. The minimum atomic E-state index is -0.0203. The monoisotopic (exact) mass is 340 g/mol. The van der Waals surface area contributed by atoms with E-state index in [1.165, 1.54) is 0 Å². The second kappa shape index (κ2) is 6.97. The molecule has 1 amide bonds. The van der Waals surface area contributed by atoms with Crippen molar-refractivity contribution in [3.8, 4) is 0 Å². The van der Waals surface area contributed by atoms with Gasteiger partial charge in [0.25, 0.3) is 0 Å². The first-order valence-corrected chi connectivity index (χ1v) is 8.66. The molecule has 0 aliphatic heterocycles. The SMILES string of the molecule is CC(C)N(Cc1cnn(C)c1)C(=O)C=Cc1nc2ccccc2s1. The van der Waals surface area contributed by atoms with Gasteiger partial charge in [-0.2, -0.15) is 5.10 Å². The predicted molar refractivity (Wildman–Crippen MR) is 97.5 cm³/mol. The zero-order chi connectivity index (χ0) is 17.1. The van der Waals surface area contributed by atoms with Gasteiger partial charge in [-0.3, -0.25) is 9.48 Å². The van der Waals surface area contributed by atoms with Crippen molar-refractivity contribution < 1.29 is 4.79 Å². The zero-order valence-corrected chi connectivity index (χ0v) is 14.8. The van der Waals surface area contributed by atoms with E-state index in [0.29, 0.717) is 6.54 Å². The molecule has 3 rings (SSSR count). The lowest BCUT2D eigenvalue weighted by molar-refractivity contribution is -0.128. The number of aryl methyl sites for hydroxylation is 1. The summed E-state index contributed by atoms with van der Waals surface area (Å²) in [6.07, 6.45) is 7.12. The Morgan fingerprint density at radius 3 is 2.83 bits per heavy atom. The molecule has 0 aliphatic rings. The smallest absolute Gasteiger partial charge is 0.247 e. The average Bonchev–Trinajstić information content (AvgIpc) is 3.15. The molecule has 0 aliphatic carbocycles. The van der Waals surface area contributed by atoms with Gasteiger partial charge < -0.3 is 4.90 Å². The van der Waals surface area contributed by atoms with Crippen LogP contribution in [0.25, 0.3) is 16.3 Å². The van der Waals surface area contributed by atoms with Crippen molar-refractivity contribution >= 4 is 33.5 Å². The Bertz CT molecular complexity index is 845. The van der Waals surface area contributed by atoms with E-state index in [4.69, 9.17) is 0 Å². The number of amides is 1. The van der Waals surface area contributed by atoms with Crippen LogP contribution in [0.1, 0.15) is 24.4 Å². The third kappa shape index (κ3) is 3.71. The molecule has 0 spiro atoms. The van der Waals surface area contributed by atoms with Gasteiger partial charge in [-0.25, -0.2) is 4.98 Å². The van der Waals surface area contributed by atoms with Gasteiger partial charge in [-0.15, -0.1) is 11.3 Å². The third-order valence-electron chi connectivity index (χ3n) is 3.70. The highest BCUT2D eigenvalue weighted by Crippen LogP contribution is 2.22. The van der Waals surface area contributed by atoms with Gasteiger partial charge in [0.2, 0.25) is 5.91 Å². The fraction of sp³-hybridized carbons (Fsp3) is 0.278. The number of carbonyl (C=O) groups is 1. The predicted octanol–water partition coefficient (Wildman–Crippen LogP) is 3.48. The number of fused-ring (bicyclic) bond motifs is 1. The average molecular weight is 340 g/mol. The van der Waals surface area contributed by atoms with Gasteiger partial charge in [-0.1, -0.05) is 12.1 Å². The van der Waals surface area contributed by atoms with Crippen LogP contribution < -0.4 is 0 Å². The number of hydrogen-bond acceptors (Lipinski definition) is 4. The summed E-state index contributed by atoms with van der Waals surface area (Å²) >= 11 is 1.58. The molecule has 0 bridgehead atoms. The Morgan fingerprint density at radius 1 is 1.38 bits per heavy atom. The third-order valence-corrected chi connectivity index (χ3v) is 4.70. The van der Waals surface area contributed by atoms with E-state index in [1.807, 2.05) is 56.3 Å². The van der Waals surface area contributed by atoms with E-state index >= 15 is 0 Å². The van der Waals surface area contributed by atoms with Crippen LogP contribution in [0.2, 0.25) is 0 Å². The second-order valence-corrected chi connectivity index (χ2v) is 7.00. The molecule has 0 unspecified atom stereocenters. The van der Waals surface area contributed by atoms with Crippen LogP contribution >= 0.6 is 11.3 Å². The first-order chi connectivity index (χ1) is 11.5. The molecular weight excluding hydrogens is 320 g/mol. The fourth-order valence-electron chi connectivity index (χ4n) is 2.46. The van der Waals surface area contributed by atoms with Gasteiger partial charge in [0.05, 0.1) is 16.4 Å². The molecule has 0 N–H and O–H groups in total. The first-order valence-electron chi connectivity index (χ1n) is 7.84. The Labute approximate surface area is 145 Å². The minimum Gasteiger partial charge on any atom is -0.332 e. The molecule has 1 aromatic carbocycles. The topological polar surface area (TPSA) is 51.0 Å². The summed E-state index contributed by atoms with van der Waals surface area (Å²) in [4.78, 5) is 18.9. The van der Waals surface area contributed by atoms with E-state index in [-0.39, 0.29) is 11.9 Å². The Kier molecular flexibility index (Phi) is 4.76. The summed E-state index contributed by atoms with van der Waals surface area (Å²) in [7, 11) is 1.87. The van der Waals surface area contributed by atoms with Gasteiger partial charge >= 0.3 is 0 Å². The van der Waals surface area contributed by atoms with E-state index < -0.39 is 0 Å². The van der Waals surface area contributed by atoms with Crippen LogP contribution in [0.4, 0.5) is 0 Å². The van der Waals surface area contributed by atoms with Crippen molar-refractivity contribution in [2.75, 3.05) is 0 Å². The molecule has 0 saturated heterocycles. The van der Waals surface area contributed by atoms with E-state index in [2.05, 4.69) is 10.1 Å². The van der Waals surface area contributed by atoms with Gasteiger partial charge in [0, 0.05) is 37.5 Å². The van der Waals surface area contributed by atoms with Crippen LogP contribution in [0.3, 0.4) is 0 Å². The van der Waals surface area contributed by atoms with Crippen molar-refractivity contribution in [2.24, 2.45) is 7.05 Å². The van der Waals surface area contributed by atoms with Gasteiger partial charge in [-0.05, 0) is 32.1 Å². The maximum atomic E-state index is 12.6. The summed E-state index contributed by atoms with van der Waals surface area (Å²) in [5, 5.41) is 5.00. The lowest BCUT2D eigenvalue weighted by Gasteiger charge is -2.24. The molecule has 2 heterocycles. The van der Waals surface area contributed by atoms with Crippen molar-refractivity contribution in [3.05, 3.63) is 53.3 Å². The number of aromatic nitrogens is 3. The zero-order valence-electron chi connectivity index (χ0n) is 14.0. The van der Waals surface area contributed by atoms with Crippen LogP contribution in [0.5, 0.6) is 0 Å². The number of carbonyl (C=O) groups excluding carboxylic acids is 1. The molecular formula is C18H20N4OS. The van der Waals surface area contributed by atoms with Gasteiger partial charge in [0.15, 0.2) is 0 Å². The van der Waals surface area contributed by atoms with E-state index in [9.17, 15) is 4.79 Å². The van der Waals surface area contributed by atoms with Crippen LogP contribution in [-0.4, -0.2) is 31.6 Å². The molecule has 0 saturated carbocycles. The molecule has 5 nitrogen and oxygen atoms in total. The number of thiazole rings is 1. The highest BCUT2D eigenvalue weighted by Gasteiger charge is 2.16. The van der Waals surface area contributed by atoms with E-state index in [1.54, 1.807) is 34.4 Å². The van der Waals surface area contributed by atoms with Crippen LogP contribution in [0.15, 0.2) is 42.7 Å². The fourth-order valence-corrected chi connectivity index (χ4v) is 3.34. The number of para-hydroxylation sites is 1. The van der Waals surface area contributed by atoms with Crippen molar-refractivity contribution in [2.45, 2.75) is 26.4 Å². The first kappa shape index (κ1) is 16.4. The summed E-state index contributed by atoms with van der Waals surface area (Å²) in [5.41, 5.74) is 1.98. The minimum absolute atomic E-state index is 0.0203. The molecule has 2 aromatic heterocycles. The molecule has 0 atom stereocenters. The number of benzene rings is 1. The van der Waals surface area contributed by atoms with E-state index in [0.717, 1.165) is 20.8 Å². The number of hydrogen-bond donors (Lipinski definition) is 0. The maximum Gasteiger partial charge on any atom is 0.247 e. The van der Waals surface area contributed by atoms with Crippen LogP contribution in [-0.2, 0) is 18.4 Å². The molecule has 3 aromatic rings. The Hall–Kier alpha value is -2.47. The molecule has 24 heavy (non-hydrogen) atoms. The largest absolute Gasteiger partial charge is 0.332 e. The summed E-state index contributed by atoms with van der Waals surface area (Å²) in [6, 6.07) is 8.09. The quantitative estimate of drug-likeness (QED) is 0.668. The normalized spacial score (nSPS) is 11.7. The summed E-state index contributed by atoms with van der Waals surface area (Å²) in [5.74, 6) is -0.0203. The lowest BCUT2D eigenvalue weighted by Crippen LogP contribution is -2.35. The molecule has 6 heteroatoms. The Balaban J connectivity index is 1.74. The van der Waals surface area contributed by atoms with Crippen molar-refractivity contribution in [1.82, 2.24) is 19.7 Å². The maximum absolute atomic E-state index is 12.6. The summed E-state index contributed by atoms with van der Waals surface area (Å²) < 4.78 is 2.87. The Morgan fingerprint density at radius 2 is 2.17 bits per heavy atom. The van der Waals surface area contributed by atoms with Gasteiger partial charge in [0.1, 0.15) is 5.01 Å². The standard InChI is InChI=1S/C18H20N4OS/c1-13(2)22(12-14-10-19-21(3)11-14)18(23)9-8-17-20-15-6-4-5-7-16(15)24-17/h4-11,13H,12H2,1-3H3. The van der Waals surface area contributed by atoms with Crippen molar-refractivity contribution in [1.29, 1.82) is 0 Å².